The summed E-state index contributed by atoms with van der Waals surface area (Å²) in [6.45, 7) is 2.70. The Kier molecular flexibility index (Phi) is 3.83. The molecule has 5 heteroatoms. The predicted molar refractivity (Wildman–Crippen MR) is 59.6 cm³/mol. The molecule has 1 heterocycles. The Morgan fingerprint density at radius 1 is 1.50 bits per heavy atom. The Bertz CT molecular complexity index is 373. The molecule has 0 aliphatic rings. The second-order valence-corrected chi connectivity index (χ2v) is 4.26. The van der Waals surface area contributed by atoms with Gasteiger partial charge in [-0.3, -0.25) is 4.79 Å². The molecule has 1 aromatic heterocycles. The van der Waals surface area contributed by atoms with Crippen LogP contribution in [0.3, 0.4) is 0 Å². The topological polar surface area (TPSA) is 49.0 Å². The smallest absolute Gasteiger partial charge is 0.265 e. The van der Waals surface area contributed by atoms with E-state index in [2.05, 4.69) is 30.8 Å². The van der Waals surface area contributed by atoms with Crippen molar-refractivity contribution in [2.24, 2.45) is 0 Å². The van der Waals surface area contributed by atoms with Crippen molar-refractivity contribution < 1.29 is 0 Å². The van der Waals surface area contributed by atoms with Crippen LogP contribution in [0.25, 0.3) is 0 Å². The zero-order valence-corrected chi connectivity index (χ0v) is 10.2. The summed E-state index contributed by atoms with van der Waals surface area (Å²) >= 11 is 3.18. The zero-order chi connectivity index (χ0) is 10.7. The van der Waals surface area contributed by atoms with E-state index in [-0.39, 0.29) is 5.56 Å². The third-order valence-corrected chi connectivity index (χ3v) is 2.81. The van der Waals surface area contributed by atoms with Gasteiger partial charge in [0.1, 0.15) is 10.3 Å². The van der Waals surface area contributed by atoms with Crippen molar-refractivity contribution >= 4 is 15.9 Å². The predicted octanol–water partition coefficient (Wildman–Crippen LogP) is 0.945. The lowest BCUT2D eigenvalue weighted by molar-refractivity contribution is 0.409. The van der Waals surface area contributed by atoms with Crippen LogP contribution in [0.5, 0.6) is 0 Å². The molecule has 0 saturated heterocycles. The van der Waals surface area contributed by atoms with Crippen LogP contribution in [0, 0.1) is 6.92 Å². The van der Waals surface area contributed by atoms with Gasteiger partial charge in [-0.1, -0.05) is 0 Å². The maximum Gasteiger partial charge on any atom is 0.265 e. The third kappa shape index (κ3) is 2.92. The number of rotatable bonds is 3. The Morgan fingerprint density at radius 3 is 2.64 bits per heavy atom. The minimum Gasteiger partial charge on any atom is -0.310 e. The highest BCUT2D eigenvalue weighted by Crippen LogP contribution is 2.06. The second kappa shape index (κ2) is 4.70. The summed E-state index contributed by atoms with van der Waals surface area (Å²) in [6, 6.07) is 0. The van der Waals surface area contributed by atoms with Gasteiger partial charge >= 0.3 is 0 Å². The second-order valence-electron chi connectivity index (χ2n) is 3.47. The molecule has 0 atom stereocenters. The first-order valence-corrected chi connectivity index (χ1v) is 5.20. The highest BCUT2D eigenvalue weighted by atomic mass is 79.9. The molecule has 0 aliphatic heterocycles. The van der Waals surface area contributed by atoms with Crippen molar-refractivity contribution in [3.63, 3.8) is 0 Å². The number of halogens is 1. The van der Waals surface area contributed by atoms with E-state index in [1.165, 1.54) is 0 Å². The summed E-state index contributed by atoms with van der Waals surface area (Å²) in [6.07, 6.45) is 0.760. The Balaban J connectivity index is 2.85. The van der Waals surface area contributed by atoms with Gasteiger partial charge in [-0.05, 0) is 36.9 Å². The molecule has 0 saturated carbocycles. The normalized spacial score (nSPS) is 10.9. The molecule has 1 N–H and O–H groups in total. The lowest BCUT2D eigenvalue weighted by atomic mass is 10.3. The molecule has 0 radical (unpaired) electrons. The van der Waals surface area contributed by atoms with Crippen LogP contribution in [-0.4, -0.2) is 35.5 Å². The van der Waals surface area contributed by atoms with Crippen LogP contribution in [0.15, 0.2) is 9.27 Å². The molecule has 1 aromatic rings. The number of hydrogen-bond donors (Lipinski definition) is 1. The standard InChI is InChI=1S/C9H14BrN3O/c1-6-8(10)9(14)12-7(11-6)4-5-13(2)3/h4-5H2,1-3H3,(H,11,12,14). The molecule has 0 aromatic carbocycles. The fourth-order valence-corrected chi connectivity index (χ4v) is 1.27. The summed E-state index contributed by atoms with van der Waals surface area (Å²) in [7, 11) is 3.98. The number of H-pyrrole nitrogens is 1. The maximum absolute atomic E-state index is 11.3. The summed E-state index contributed by atoms with van der Waals surface area (Å²) in [5.41, 5.74) is 0.633. The summed E-state index contributed by atoms with van der Waals surface area (Å²) < 4.78 is 0.520. The van der Waals surface area contributed by atoms with Gasteiger partial charge in [0.2, 0.25) is 0 Å². The molecule has 0 unspecified atom stereocenters. The molecule has 0 amide bonds. The molecular formula is C9H14BrN3O. The van der Waals surface area contributed by atoms with Crippen molar-refractivity contribution in [2.75, 3.05) is 20.6 Å². The molecule has 0 fully saturated rings. The fourth-order valence-electron chi connectivity index (χ4n) is 1.08. The highest BCUT2D eigenvalue weighted by Gasteiger charge is 2.04. The molecule has 0 spiro atoms. The van der Waals surface area contributed by atoms with Gasteiger partial charge in [0.25, 0.3) is 5.56 Å². The first-order chi connectivity index (χ1) is 6.50. The van der Waals surface area contributed by atoms with Gasteiger partial charge in [0.15, 0.2) is 0 Å². The molecule has 0 aliphatic carbocycles. The van der Waals surface area contributed by atoms with E-state index in [9.17, 15) is 4.79 Å². The number of nitrogens with zero attached hydrogens (tertiary/aromatic N) is 2. The molecule has 4 nitrogen and oxygen atoms in total. The van der Waals surface area contributed by atoms with Crippen molar-refractivity contribution in [3.05, 3.63) is 26.3 Å². The van der Waals surface area contributed by atoms with Crippen LogP contribution in [0.4, 0.5) is 0 Å². The molecule has 78 valence electrons. The number of nitrogens with one attached hydrogen (secondary N) is 1. The molecular weight excluding hydrogens is 246 g/mol. The van der Waals surface area contributed by atoms with Crippen LogP contribution in [-0.2, 0) is 6.42 Å². The summed E-state index contributed by atoms with van der Waals surface area (Å²) in [5, 5.41) is 0. The first kappa shape index (κ1) is 11.4. The van der Waals surface area contributed by atoms with Crippen LogP contribution >= 0.6 is 15.9 Å². The zero-order valence-electron chi connectivity index (χ0n) is 8.59. The lowest BCUT2D eigenvalue weighted by Gasteiger charge is -2.08. The van der Waals surface area contributed by atoms with Crippen molar-refractivity contribution in [1.82, 2.24) is 14.9 Å². The fraction of sp³-hybridized carbons (Fsp3) is 0.556. The van der Waals surface area contributed by atoms with E-state index in [1.807, 2.05) is 21.0 Å². The molecule has 0 bridgehead atoms. The van der Waals surface area contributed by atoms with Crippen LogP contribution < -0.4 is 5.56 Å². The number of aryl methyl sites for hydroxylation is 1. The average molecular weight is 260 g/mol. The minimum absolute atomic E-state index is 0.105. The number of likely N-dealkylation sites (N-methyl/N-ethyl adjacent to an activating group) is 1. The first-order valence-electron chi connectivity index (χ1n) is 4.40. The van der Waals surface area contributed by atoms with Gasteiger partial charge in [-0.2, -0.15) is 0 Å². The number of aromatic nitrogens is 2. The van der Waals surface area contributed by atoms with Gasteiger partial charge in [-0.15, -0.1) is 0 Å². The Morgan fingerprint density at radius 2 is 2.14 bits per heavy atom. The third-order valence-electron chi connectivity index (χ3n) is 1.87. The van der Waals surface area contributed by atoms with E-state index in [0.717, 1.165) is 24.5 Å². The molecule has 1 rings (SSSR count). The van der Waals surface area contributed by atoms with Crippen LogP contribution in [0.1, 0.15) is 11.5 Å². The maximum atomic E-state index is 11.3. The van der Waals surface area contributed by atoms with Gasteiger partial charge in [0.05, 0.1) is 5.69 Å². The van der Waals surface area contributed by atoms with E-state index >= 15 is 0 Å². The van der Waals surface area contributed by atoms with E-state index in [0.29, 0.717) is 4.47 Å². The van der Waals surface area contributed by atoms with Gasteiger partial charge in [0, 0.05) is 13.0 Å². The monoisotopic (exact) mass is 259 g/mol. The van der Waals surface area contributed by atoms with Crippen LogP contribution in [0.2, 0.25) is 0 Å². The summed E-state index contributed by atoms with van der Waals surface area (Å²) in [4.78, 5) is 20.4. The number of aromatic amines is 1. The summed E-state index contributed by atoms with van der Waals surface area (Å²) in [5.74, 6) is 0.740. The lowest BCUT2D eigenvalue weighted by Crippen LogP contribution is -2.20. The van der Waals surface area contributed by atoms with E-state index < -0.39 is 0 Å². The van der Waals surface area contributed by atoms with Crippen molar-refractivity contribution in [1.29, 1.82) is 0 Å². The Hall–Kier alpha value is -0.680. The highest BCUT2D eigenvalue weighted by molar-refractivity contribution is 9.10. The quantitative estimate of drug-likeness (QED) is 0.880. The largest absolute Gasteiger partial charge is 0.310 e. The minimum atomic E-state index is -0.105. The number of hydrogen-bond acceptors (Lipinski definition) is 3. The molecule has 14 heavy (non-hydrogen) atoms. The van der Waals surface area contributed by atoms with Gasteiger partial charge < -0.3 is 9.88 Å². The Labute approximate surface area is 91.5 Å². The van der Waals surface area contributed by atoms with Crippen molar-refractivity contribution in [3.8, 4) is 0 Å². The van der Waals surface area contributed by atoms with Crippen molar-refractivity contribution in [2.45, 2.75) is 13.3 Å². The van der Waals surface area contributed by atoms with E-state index in [4.69, 9.17) is 0 Å². The van der Waals surface area contributed by atoms with Gasteiger partial charge in [-0.25, -0.2) is 4.98 Å². The average Bonchev–Trinajstić information content (AvgIpc) is 2.10. The SMILES string of the molecule is Cc1nc(CCN(C)C)[nH]c(=O)c1Br. The van der Waals surface area contributed by atoms with E-state index in [1.54, 1.807) is 0 Å².